The predicted octanol–water partition coefficient (Wildman–Crippen LogP) is 2.41. The third kappa shape index (κ3) is 3.16. The summed E-state index contributed by atoms with van der Waals surface area (Å²) in [6, 6.07) is 7.55. The Balaban J connectivity index is 1.81. The van der Waals surface area contributed by atoms with Crippen molar-refractivity contribution in [2.75, 3.05) is 7.05 Å². The van der Waals surface area contributed by atoms with Gasteiger partial charge in [0.15, 0.2) is 0 Å². The smallest absolute Gasteiger partial charge is 0.262 e. The molecule has 8 nitrogen and oxygen atoms in total. The monoisotopic (exact) mass is 397 g/mol. The Morgan fingerprint density at radius 3 is 2.75 bits per heavy atom. The lowest BCUT2D eigenvalue weighted by atomic mass is 10.2. The minimum absolute atomic E-state index is 0.0270. The summed E-state index contributed by atoms with van der Waals surface area (Å²) in [6.45, 7) is 3.89. The Kier molecular flexibility index (Phi) is 4.86. The highest BCUT2D eigenvalue weighted by Crippen LogP contribution is 2.15. The van der Waals surface area contributed by atoms with E-state index < -0.39 is 0 Å². The molecule has 0 spiro atoms. The van der Waals surface area contributed by atoms with Crippen LogP contribution in [0.3, 0.4) is 0 Å². The van der Waals surface area contributed by atoms with Gasteiger partial charge in [0.1, 0.15) is 0 Å². The van der Waals surface area contributed by atoms with Crippen LogP contribution >= 0.6 is 12.2 Å². The van der Waals surface area contributed by atoms with Crippen LogP contribution in [0.15, 0.2) is 41.5 Å². The molecule has 0 saturated carbocycles. The largest absolute Gasteiger partial charge is 0.283 e. The van der Waals surface area contributed by atoms with Crippen molar-refractivity contribution in [2.24, 2.45) is 7.05 Å². The van der Waals surface area contributed by atoms with E-state index in [-0.39, 0.29) is 5.56 Å². The summed E-state index contributed by atoms with van der Waals surface area (Å²) in [5.74, 6) is 0.588. The summed E-state index contributed by atoms with van der Waals surface area (Å²) in [7, 11) is 3.91. The molecule has 0 unspecified atom stereocenters. The zero-order valence-corrected chi connectivity index (χ0v) is 17.1. The van der Waals surface area contributed by atoms with E-state index in [1.165, 1.54) is 0 Å². The standard InChI is InChI=1S/C19H23N7OS/c1-4-9-24-17(27)15-7-5-6-8-16(15)26-18(24)21-25(19(26)28)13-22(2)11-14-10-20-23(3)12-14/h5-8,10,12H,4,9,11,13H2,1-3H3. The van der Waals surface area contributed by atoms with Crippen LogP contribution in [-0.4, -0.2) is 40.5 Å². The lowest BCUT2D eigenvalue weighted by molar-refractivity contribution is 0.244. The molecule has 0 aliphatic carbocycles. The maximum atomic E-state index is 13.0. The molecule has 0 aliphatic rings. The molecule has 0 radical (unpaired) electrons. The summed E-state index contributed by atoms with van der Waals surface area (Å²) in [5.41, 5.74) is 1.88. The number of hydrogen-bond donors (Lipinski definition) is 0. The number of hydrogen-bond acceptors (Lipinski definition) is 5. The molecule has 0 aliphatic heterocycles. The van der Waals surface area contributed by atoms with Gasteiger partial charge in [0.25, 0.3) is 5.56 Å². The molecule has 0 fully saturated rings. The minimum Gasteiger partial charge on any atom is -0.283 e. The van der Waals surface area contributed by atoms with Gasteiger partial charge in [0, 0.05) is 31.9 Å². The summed E-state index contributed by atoms with van der Waals surface area (Å²) in [4.78, 5) is 15.1. The molecule has 1 aromatic carbocycles. The summed E-state index contributed by atoms with van der Waals surface area (Å²) < 4.78 is 7.76. The zero-order chi connectivity index (χ0) is 19.8. The van der Waals surface area contributed by atoms with Crippen LogP contribution in [0.4, 0.5) is 0 Å². The van der Waals surface area contributed by atoms with E-state index in [1.54, 1.807) is 13.9 Å². The van der Waals surface area contributed by atoms with Crippen LogP contribution in [-0.2, 0) is 26.8 Å². The Morgan fingerprint density at radius 1 is 1.25 bits per heavy atom. The van der Waals surface area contributed by atoms with Crippen LogP contribution in [0.25, 0.3) is 16.7 Å². The van der Waals surface area contributed by atoms with E-state index in [0.717, 1.165) is 24.0 Å². The summed E-state index contributed by atoms with van der Waals surface area (Å²) in [5, 5.41) is 9.57. The molecule has 146 valence electrons. The molecule has 0 N–H and O–H groups in total. The second-order valence-electron chi connectivity index (χ2n) is 7.07. The first-order valence-corrected chi connectivity index (χ1v) is 9.67. The van der Waals surface area contributed by atoms with Gasteiger partial charge in [0.05, 0.1) is 23.8 Å². The van der Waals surface area contributed by atoms with Crippen LogP contribution in [0.5, 0.6) is 0 Å². The molecule has 3 heterocycles. The molecular weight excluding hydrogens is 374 g/mol. The van der Waals surface area contributed by atoms with Gasteiger partial charge in [-0.25, -0.2) is 4.68 Å². The molecule has 0 bridgehead atoms. The highest BCUT2D eigenvalue weighted by atomic mass is 32.1. The normalized spacial score (nSPS) is 11.9. The molecule has 0 saturated heterocycles. The van der Waals surface area contributed by atoms with E-state index >= 15 is 0 Å². The van der Waals surface area contributed by atoms with Gasteiger partial charge in [-0.05, 0) is 37.8 Å². The molecule has 4 aromatic rings. The van der Waals surface area contributed by atoms with Crippen molar-refractivity contribution >= 4 is 28.9 Å². The Bertz CT molecular complexity index is 1260. The number of nitrogens with zero attached hydrogens (tertiary/aromatic N) is 7. The molecule has 3 aromatic heterocycles. The first-order valence-electron chi connectivity index (χ1n) is 9.26. The number of aromatic nitrogens is 6. The number of benzene rings is 1. The molecule has 0 amide bonds. The molecule has 4 rings (SSSR count). The molecule has 28 heavy (non-hydrogen) atoms. The first kappa shape index (κ1) is 18.6. The average molecular weight is 398 g/mol. The van der Waals surface area contributed by atoms with Gasteiger partial charge in [-0.3, -0.25) is 23.3 Å². The molecule has 9 heteroatoms. The second-order valence-corrected chi connectivity index (χ2v) is 7.43. The van der Waals surface area contributed by atoms with Gasteiger partial charge in [-0.15, -0.1) is 5.10 Å². The summed E-state index contributed by atoms with van der Waals surface area (Å²) >= 11 is 5.73. The van der Waals surface area contributed by atoms with E-state index in [2.05, 4.69) is 10.00 Å². The fourth-order valence-corrected chi connectivity index (χ4v) is 3.81. The fraction of sp³-hybridized carbons (Fsp3) is 0.368. The van der Waals surface area contributed by atoms with Crippen LogP contribution in [0.1, 0.15) is 18.9 Å². The zero-order valence-electron chi connectivity index (χ0n) is 16.2. The molecular formula is C19H23N7OS. The Hall–Kier alpha value is -2.78. The third-order valence-corrected chi connectivity index (χ3v) is 5.11. The van der Waals surface area contributed by atoms with E-state index in [9.17, 15) is 4.79 Å². The van der Waals surface area contributed by atoms with E-state index in [4.69, 9.17) is 17.3 Å². The van der Waals surface area contributed by atoms with Gasteiger partial charge >= 0.3 is 0 Å². The third-order valence-electron chi connectivity index (χ3n) is 4.72. The number of para-hydroxylation sites is 1. The van der Waals surface area contributed by atoms with Crippen LogP contribution in [0.2, 0.25) is 0 Å². The Morgan fingerprint density at radius 2 is 2.04 bits per heavy atom. The van der Waals surface area contributed by atoms with Crippen molar-refractivity contribution in [3.05, 3.63) is 57.3 Å². The minimum atomic E-state index is -0.0270. The Labute approximate surface area is 167 Å². The van der Waals surface area contributed by atoms with Gasteiger partial charge < -0.3 is 0 Å². The highest BCUT2D eigenvalue weighted by molar-refractivity contribution is 7.71. The van der Waals surface area contributed by atoms with Crippen LogP contribution < -0.4 is 5.56 Å². The predicted molar refractivity (Wildman–Crippen MR) is 111 cm³/mol. The maximum absolute atomic E-state index is 13.0. The van der Waals surface area contributed by atoms with Crippen molar-refractivity contribution in [3.8, 4) is 0 Å². The lowest BCUT2D eigenvalue weighted by Crippen LogP contribution is -2.23. The second kappa shape index (κ2) is 7.33. The van der Waals surface area contributed by atoms with Crippen molar-refractivity contribution in [1.29, 1.82) is 0 Å². The van der Waals surface area contributed by atoms with Gasteiger partial charge in [-0.2, -0.15) is 5.10 Å². The topological polar surface area (TPSA) is 65.3 Å². The van der Waals surface area contributed by atoms with Gasteiger partial charge in [0.2, 0.25) is 10.5 Å². The number of aryl methyl sites for hydroxylation is 2. The number of rotatable bonds is 6. The SMILES string of the molecule is CCCn1c(=O)c2ccccc2n2c(=S)n(CN(C)Cc3cnn(C)c3)nc12. The number of fused-ring (bicyclic) bond motifs is 3. The van der Waals surface area contributed by atoms with Crippen molar-refractivity contribution in [2.45, 2.75) is 33.1 Å². The van der Waals surface area contributed by atoms with Crippen molar-refractivity contribution < 1.29 is 0 Å². The van der Waals surface area contributed by atoms with Gasteiger partial charge in [-0.1, -0.05) is 19.1 Å². The highest BCUT2D eigenvalue weighted by Gasteiger charge is 2.16. The van der Waals surface area contributed by atoms with Crippen molar-refractivity contribution in [3.63, 3.8) is 0 Å². The fourth-order valence-electron chi connectivity index (χ4n) is 3.53. The molecule has 0 atom stereocenters. The maximum Gasteiger partial charge on any atom is 0.262 e. The summed E-state index contributed by atoms with van der Waals surface area (Å²) in [6.07, 6.45) is 4.69. The van der Waals surface area contributed by atoms with E-state index in [1.807, 2.05) is 62.1 Å². The van der Waals surface area contributed by atoms with Crippen molar-refractivity contribution in [1.82, 2.24) is 33.4 Å². The quantitative estimate of drug-likeness (QED) is 0.468. The first-order chi connectivity index (χ1) is 13.5. The van der Waals surface area contributed by atoms with E-state index in [0.29, 0.717) is 29.1 Å². The average Bonchev–Trinajstić information content (AvgIpc) is 3.22. The lowest BCUT2D eigenvalue weighted by Gasteiger charge is -2.14. The van der Waals surface area contributed by atoms with Crippen LogP contribution in [0, 0.1) is 4.77 Å².